The van der Waals surface area contributed by atoms with Crippen molar-refractivity contribution in [2.24, 2.45) is 7.05 Å². The van der Waals surface area contributed by atoms with Gasteiger partial charge < -0.3 is 10.6 Å². The number of aromatic nitrogens is 4. The first-order valence-electron chi connectivity index (χ1n) is 8.56. The van der Waals surface area contributed by atoms with Crippen LogP contribution in [0.2, 0.25) is 0 Å². The van der Waals surface area contributed by atoms with Crippen molar-refractivity contribution in [1.82, 2.24) is 24.8 Å². The molecular formula is C19H18N6O2. The van der Waals surface area contributed by atoms with E-state index in [1.807, 2.05) is 18.2 Å². The van der Waals surface area contributed by atoms with Gasteiger partial charge in [-0.1, -0.05) is 12.1 Å². The van der Waals surface area contributed by atoms with Crippen LogP contribution < -0.4 is 16.2 Å². The van der Waals surface area contributed by atoms with Gasteiger partial charge in [0.2, 0.25) is 5.95 Å². The van der Waals surface area contributed by atoms with Gasteiger partial charge in [-0.3, -0.25) is 14.2 Å². The first-order valence-corrected chi connectivity index (χ1v) is 8.56. The van der Waals surface area contributed by atoms with Gasteiger partial charge >= 0.3 is 0 Å². The fourth-order valence-corrected chi connectivity index (χ4v) is 3.00. The average Bonchev–Trinajstić information content (AvgIpc) is 3.17. The molecule has 136 valence electrons. The molecule has 0 unspecified atom stereocenters. The lowest BCUT2D eigenvalue weighted by atomic mass is 10.0. The van der Waals surface area contributed by atoms with Crippen molar-refractivity contribution >= 4 is 11.7 Å². The minimum atomic E-state index is -0.239. The van der Waals surface area contributed by atoms with E-state index in [0.717, 1.165) is 18.7 Å². The molecule has 0 saturated heterocycles. The standard InChI is InChI=1S/C19H18N6O2/c1-25-18(27)7-16(15-4-5-20-11-23-15)24-19(25)22-10-17(26)12-2-3-13-8-21-9-14(13)6-12/h2-7,11,21H,8-10H2,1H3,(H,22,24). The minimum absolute atomic E-state index is 0.0414. The highest BCUT2D eigenvalue weighted by Crippen LogP contribution is 2.18. The Morgan fingerprint density at radius 3 is 2.85 bits per heavy atom. The van der Waals surface area contributed by atoms with Crippen LogP contribution in [0.4, 0.5) is 5.95 Å². The number of anilines is 1. The molecule has 0 amide bonds. The number of benzene rings is 1. The molecule has 3 heterocycles. The molecule has 0 bridgehead atoms. The van der Waals surface area contributed by atoms with Gasteiger partial charge in [-0.2, -0.15) is 0 Å². The summed E-state index contributed by atoms with van der Waals surface area (Å²) in [5, 5.41) is 6.24. The maximum Gasteiger partial charge on any atom is 0.255 e. The third kappa shape index (κ3) is 3.47. The molecule has 2 aromatic heterocycles. The van der Waals surface area contributed by atoms with Crippen molar-refractivity contribution in [2.45, 2.75) is 13.1 Å². The summed E-state index contributed by atoms with van der Waals surface area (Å²) in [6.45, 7) is 1.66. The molecular weight excluding hydrogens is 344 g/mol. The Morgan fingerprint density at radius 2 is 2.04 bits per heavy atom. The predicted octanol–water partition coefficient (Wildman–Crippen LogP) is 1.14. The molecule has 0 saturated carbocycles. The van der Waals surface area contributed by atoms with Crippen LogP contribution in [0.3, 0.4) is 0 Å². The van der Waals surface area contributed by atoms with Crippen LogP contribution in [0, 0.1) is 0 Å². The Morgan fingerprint density at radius 1 is 1.19 bits per heavy atom. The molecule has 0 fully saturated rings. The minimum Gasteiger partial charge on any atom is -0.348 e. The number of nitrogens with one attached hydrogen (secondary N) is 2. The fraction of sp³-hybridized carbons (Fsp3) is 0.211. The molecule has 1 aliphatic heterocycles. The van der Waals surface area contributed by atoms with E-state index in [2.05, 4.69) is 25.6 Å². The van der Waals surface area contributed by atoms with E-state index in [9.17, 15) is 9.59 Å². The van der Waals surface area contributed by atoms with E-state index in [0.29, 0.717) is 22.9 Å². The maximum absolute atomic E-state index is 12.6. The van der Waals surface area contributed by atoms with Gasteiger partial charge in [0.15, 0.2) is 5.78 Å². The summed E-state index contributed by atoms with van der Waals surface area (Å²) in [5.41, 5.74) is 3.75. The molecule has 0 radical (unpaired) electrons. The van der Waals surface area contributed by atoms with E-state index >= 15 is 0 Å². The zero-order valence-corrected chi connectivity index (χ0v) is 14.8. The van der Waals surface area contributed by atoms with Gasteiger partial charge in [-0.15, -0.1) is 0 Å². The molecule has 1 aliphatic rings. The molecule has 0 aliphatic carbocycles. The normalized spacial score (nSPS) is 12.6. The number of hydrogen-bond donors (Lipinski definition) is 2. The molecule has 0 atom stereocenters. The molecule has 3 aromatic rings. The lowest BCUT2D eigenvalue weighted by molar-refractivity contribution is 0.101. The van der Waals surface area contributed by atoms with E-state index in [4.69, 9.17) is 0 Å². The van der Waals surface area contributed by atoms with Gasteiger partial charge in [0.1, 0.15) is 6.33 Å². The predicted molar refractivity (Wildman–Crippen MR) is 100 cm³/mol. The number of hydrogen-bond acceptors (Lipinski definition) is 7. The van der Waals surface area contributed by atoms with Gasteiger partial charge in [0.05, 0.1) is 17.9 Å². The van der Waals surface area contributed by atoms with Crippen LogP contribution in [0.1, 0.15) is 21.5 Å². The van der Waals surface area contributed by atoms with Crippen LogP contribution in [0.5, 0.6) is 0 Å². The van der Waals surface area contributed by atoms with Gasteiger partial charge in [0.25, 0.3) is 5.56 Å². The molecule has 8 nitrogen and oxygen atoms in total. The van der Waals surface area contributed by atoms with Gasteiger partial charge in [-0.05, 0) is 23.3 Å². The lowest BCUT2D eigenvalue weighted by Gasteiger charge is -2.11. The van der Waals surface area contributed by atoms with Crippen LogP contribution in [0.15, 0.2) is 47.7 Å². The SMILES string of the molecule is Cn1c(NCC(=O)c2ccc3c(c2)CNC3)nc(-c2ccncn2)cc1=O. The summed E-state index contributed by atoms with van der Waals surface area (Å²) in [4.78, 5) is 37.2. The van der Waals surface area contributed by atoms with Crippen LogP contribution in [0.25, 0.3) is 11.4 Å². The summed E-state index contributed by atoms with van der Waals surface area (Å²) >= 11 is 0. The van der Waals surface area contributed by atoms with Crippen molar-refractivity contribution in [1.29, 1.82) is 0 Å². The second-order valence-corrected chi connectivity index (χ2v) is 6.32. The van der Waals surface area contributed by atoms with E-state index in [1.54, 1.807) is 19.3 Å². The Balaban J connectivity index is 1.55. The summed E-state index contributed by atoms with van der Waals surface area (Å²) in [6, 6.07) is 8.81. The largest absolute Gasteiger partial charge is 0.348 e. The maximum atomic E-state index is 12.6. The number of rotatable bonds is 5. The second-order valence-electron chi connectivity index (χ2n) is 6.32. The lowest BCUT2D eigenvalue weighted by Crippen LogP contribution is -2.24. The second kappa shape index (κ2) is 7.08. The third-order valence-electron chi connectivity index (χ3n) is 4.55. The van der Waals surface area contributed by atoms with Crippen LogP contribution >= 0.6 is 0 Å². The van der Waals surface area contributed by atoms with E-state index < -0.39 is 0 Å². The smallest absolute Gasteiger partial charge is 0.255 e. The first-order chi connectivity index (χ1) is 13.1. The van der Waals surface area contributed by atoms with Crippen LogP contribution in [-0.2, 0) is 20.1 Å². The number of Topliss-reactive ketones (excluding diaryl/α,β-unsaturated/α-hetero) is 1. The number of ketones is 1. The summed E-state index contributed by atoms with van der Waals surface area (Å²) in [5.74, 6) is 0.249. The third-order valence-corrected chi connectivity index (χ3v) is 4.55. The van der Waals surface area contributed by atoms with Crippen molar-refractivity contribution in [3.8, 4) is 11.4 Å². The Hall–Kier alpha value is -3.39. The Kier molecular flexibility index (Phi) is 4.47. The zero-order valence-electron chi connectivity index (χ0n) is 14.8. The molecule has 4 rings (SSSR count). The average molecular weight is 362 g/mol. The van der Waals surface area contributed by atoms with E-state index in [-0.39, 0.29) is 17.9 Å². The monoisotopic (exact) mass is 362 g/mol. The number of nitrogens with zero attached hydrogens (tertiary/aromatic N) is 4. The quantitative estimate of drug-likeness (QED) is 0.656. The molecule has 1 aromatic carbocycles. The number of carbonyl (C=O) groups excluding carboxylic acids is 1. The highest BCUT2D eigenvalue weighted by molar-refractivity contribution is 5.99. The van der Waals surface area contributed by atoms with Crippen molar-refractivity contribution in [3.05, 3.63) is 69.9 Å². The summed E-state index contributed by atoms with van der Waals surface area (Å²) < 4.78 is 1.37. The van der Waals surface area contributed by atoms with Crippen molar-refractivity contribution < 1.29 is 4.79 Å². The molecule has 0 spiro atoms. The number of carbonyl (C=O) groups is 1. The Labute approximate surface area is 155 Å². The number of fused-ring (bicyclic) bond motifs is 1. The zero-order chi connectivity index (χ0) is 18.8. The summed E-state index contributed by atoms with van der Waals surface area (Å²) in [7, 11) is 1.60. The highest BCUT2D eigenvalue weighted by atomic mass is 16.1. The highest BCUT2D eigenvalue weighted by Gasteiger charge is 2.14. The van der Waals surface area contributed by atoms with Crippen LogP contribution in [-0.4, -0.2) is 31.8 Å². The fourth-order valence-electron chi connectivity index (χ4n) is 3.00. The van der Waals surface area contributed by atoms with Gasteiger partial charge in [0, 0.05) is 38.0 Å². The molecule has 2 N–H and O–H groups in total. The summed E-state index contributed by atoms with van der Waals surface area (Å²) in [6.07, 6.45) is 2.98. The topological polar surface area (TPSA) is 102 Å². The molecule has 8 heteroatoms. The first kappa shape index (κ1) is 17.0. The van der Waals surface area contributed by atoms with Gasteiger partial charge in [-0.25, -0.2) is 15.0 Å². The van der Waals surface area contributed by atoms with Crippen molar-refractivity contribution in [2.75, 3.05) is 11.9 Å². The van der Waals surface area contributed by atoms with E-state index in [1.165, 1.54) is 22.5 Å². The molecule has 27 heavy (non-hydrogen) atoms. The Bertz CT molecular complexity index is 1060. The van der Waals surface area contributed by atoms with Crippen molar-refractivity contribution in [3.63, 3.8) is 0 Å².